The number of aliphatic hydroxyl groups excluding tert-OH is 2. The summed E-state index contributed by atoms with van der Waals surface area (Å²) in [5.74, 6) is -3.54. The number of carboxylic acid groups (broad SMARTS) is 2. The summed E-state index contributed by atoms with van der Waals surface area (Å²) < 4.78 is 0. The van der Waals surface area contributed by atoms with Crippen LogP contribution in [0.1, 0.15) is 24.1 Å². The van der Waals surface area contributed by atoms with Gasteiger partial charge in [0, 0.05) is 16.8 Å². The van der Waals surface area contributed by atoms with Crippen molar-refractivity contribution in [2.45, 2.75) is 37.9 Å². The maximum Gasteiger partial charge on any atom is 0.335 e. The van der Waals surface area contributed by atoms with E-state index in [1.54, 1.807) is 0 Å². The van der Waals surface area contributed by atoms with Gasteiger partial charge in [0.05, 0.1) is 5.52 Å². The molecule has 0 amide bonds. The molecule has 0 bridgehead atoms. The molecule has 0 fully saturated rings. The van der Waals surface area contributed by atoms with Crippen molar-refractivity contribution in [1.29, 1.82) is 0 Å². The molecule has 2 unspecified atom stereocenters. The number of rotatable bonds is 3. The van der Waals surface area contributed by atoms with Crippen LogP contribution in [-0.2, 0) is 22.4 Å². The molecule has 25 heavy (non-hydrogen) atoms. The van der Waals surface area contributed by atoms with Crippen LogP contribution in [0, 0.1) is 0 Å². The van der Waals surface area contributed by atoms with E-state index < -0.39 is 24.1 Å². The minimum absolute atomic E-state index is 0.954. The summed E-state index contributed by atoms with van der Waals surface area (Å²) in [6, 6.07) is 8.15. The number of nitrogens with zero attached hydrogens (tertiary/aromatic N) is 1. The fraction of sp³-hybridized carbons (Fsp3) is 0.353. The number of para-hydroxylation sites is 1. The summed E-state index contributed by atoms with van der Waals surface area (Å²) in [6.45, 7) is 0. The summed E-state index contributed by atoms with van der Waals surface area (Å²) in [7, 11) is 0. The number of fused-ring (bicyclic) bond motifs is 2. The highest BCUT2D eigenvalue weighted by atomic mass is 16.4. The van der Waals surface area contributed by atoms with Crippen LogP contribution in [0.2, 0.25) is 0 Å². The lowest BCUT2D eigenvalue weighted by atomic mass is 9.93. The molecule has 6 N–H and O–H groups in total. The van der Waals surface area contributed by atoms with Gasteiger partial charge in [-0.25, -0.2) is 9.59 Å². The zero-order valence-corrected chi connectivity index (χ0v) is 13.4. The third kappa shape index (κ3) is 4.23. The minimum Gasteiger partial charge on any atom is -0.479 e. The van der Waals surface area contributed by atoms with Gasteiger partial charge in [-0.05, 0) is 37.3 Å². The highest BCUT2D eigenvalue weighted by molar-refractivity contribution is 5.92. The fourth-order valence-electron chi connectivity index (χ4n) is 2.68. The van der Waals surface area contributed by atoms with Crippen LogP contribution >= 0.6 is 0 Å². The van der Waals surface area contributed by atoms with E-state index in [0.29, 0.717) is 0 Å². The van der Waals surface area contributed by atoms with Crippen molar-refractivity contribution in [2.24, 2.45) is 0 Å². The van der Waals surface area contributed by atoms with Gasteiger partial charge in [-0.1, -0.05) is 18.2 Å². The molecule has 8 heteroatoms. The molecule has 0 saturated carbocycles. The first kappa shape index (κ1) is 18.6. The number of anilines is 1. The zero-order chi connectivity index (χ0) is 18.6. The number of hydrogen-bond acceptors (Lipinski definition) is 6. The molecule has 1 aromatic carbocycles. The van der Waals surface area contributed by atoms with Crippen LogP contribution < -0.4 is 5.73 Å². The number of aliphatic hydroxyl groups is 2. The molecule has 0 aliphatic heterocycles. The Labute approximate surface area is 143 Å². The number of hydrogen-bond donors (Lipinski definition) is 5. The van der Waals surface area contributed by atoms with Crippen LogP contribution in [0.4, 0.5) is 5.69 Å². The predicted octanol–water partition coefficient (Wildman–Crippen LogP) is 0.573. The van der Waals surface area contributed by atoms with Gasteiger partial charge in [-0.15, -0.1) is 0 Å². The number of nitrogens with two attached hydrogens (primary N) is 1. The summed E-state index contributed by atoms with van der Waals surface area (Å²) in [5, 5.41) is 33.6. The fourth-order valence-corrected chi connectivity index (χ4v) is 2.68. The predicted molar refractivity (Wildman–Crippen MR) is 90.1 cm³/mol. The topological polar surface area (TPSA) is 154 Å². The third-order valence-corrected chi connectivity index (χ3v) is 4.02. The molecule has 1 aliphatic carbocycles. The standard InChI is InChI=1S/C13H14N2.C4H6O6/c14-13-9-5-1-3-7-11(9)15-12-8-4-2-6-10(12)13;5-1(3(7)8)2(6)4(9)10/h1,3,5,7H,2,4,6,8H2,(H2,14,15);1-2,5-6H,(H,7,8)(H,9,10). The largest absolute Gasteiger partial charge is 0.479 e. The number of carboxylic acids is 2. The molecule has 2 atom stereocenters. The van der Waals surface area contributed by atoms with Crippen molar-refractivity contribution in [3.8, 4) is 0 Å². The number of pyridine rings is 1. The number of benzene rings is 1. The lowest BCUT2D eigenvalue weighted by molar-refractivity contribution is -0.165. The molecular weight excluding hydrogens is 328 g/mol. The van der Waals surface area contributed by atoms with Gasteiger partial charge in [-0.2, -0.15) is 0 Å². The maximum atomic E-state index is 9.77. The summed E-state index contributed by atoms with van der Waals surface area (Å²) in [5.41, 5.74) is 10.7. The summed E-state index contributed by atoms with van der Waals surface area (Å²) >= 11 is 0. The van der Waals surface area contributed by atoms with Gasteiger partial charge in [0.1, 0.15) is 0 Å². The van der Waals surface area contributed by atoms with Gasteiger partial charge in [0.15, 0.2) is 12.2 Å². The number of aliphatic carboxylic acids is 2. The Bertz CT molecular complexity index is 774. The van der Waals surface area contributed by atoms with Crippen LogP contribution in [0.15, 0.2) is 24.3 Å². The van der Waals surface area contributed by atoms with Crippen LogP contribution in [0.25, 0.3) is 10.9 Å². The molecule has 1 aliphatic rings. The molecule has 8 nitrogen and oxygen atoms in total. The Morgan fingerprint density at radius 2 is 1.56 bits per heavy atom. The Kier molecular flexibility index (Phi) is 5.89. The van der Waals surface area contributed by atoms with E-state index in [9.17, 15) is 9.59 Å². The van der Waals surface area contributed by atoms with Crippen LogP contribution in [0.3, 0.4) is 0 Å². The molecular formula is C17H20N2O6. The third-order valence-electron chi connectivity index (χ3n) is 4.02. The molecule has 1 heterocycles. The van der Waals surface area contributed by atoms with Crippen molar-refractivity contribution in [1.82, 2.24) is 4.98 Å². The first-order chi connectivity index (χ1) is 11.8. The molecule has 0 radical (unpaired) electrons. The Morgan fingerprint density at radius 1 is 1.00 bits per heavy atom. The van der Waals surface area contributed by atoms with E-state index >= 15 is 0 Å². The van der Waals surface area contributed by atoms with Gasteiger partial charge in [-0.3, -0.25) is 4.98 Å². The van der Waals surface area contributed by atoms with Crippen LogP contribution in [-0.4, -0.2) is 49.6 Å². The van der Waals surface area contributed by atoms with E-state index in [4.69, 9.17) is 31.1 Å². The van der Waals surface area contributed by atoms with E-state index in [0.717, 1.165) is 29.4 Å². The van der Waals surface area contributed by atoms with Crippen molar-refractivity contribution < 1.29 is 30.0 Å². The molecule has 0 saturated heterocycles. The Balaban J connectivity index is 0.000000199. The van der Waals surface area contributed by atoms with Gasteiger partial charge in [0.2, 0.25) is 0 Å². The second-order valence-corrected chi connectivity index (χ2v) is 5.74. The molecule has 3 rings (SSSR count). The van der Waals surface area contributed by atoms with E-state index in [-0.39, 0.29) is 0 Å². The van der Waals surface area contributed by atoms with Crippen molar-refractivity contribution >= 4 is 28.5 Å². The van der Waals surface area contributed by atoms with E-state index in [1.807, 2.05) is 18.2 Å². The zero-order valence-electron chi connectivity index (χ0n) is 13.4. The summed E-state index contributed by atoms with van der Waals surface area (Å²) in [6.07, 6.45) is 0.147. The van der Waals surface area contributed by atoms with Gasteiger partial charge < -0.3 is 26.2 Å². The first-order valence-corrected chi connectivity index (χ1v) is 7.80. The lowest BCUT2D eigenvalue weighted by Gasteiger charge is -2.18. The minimum atomic E-state index is -2.27. The van der Waals surface area contributed by atoms with Crippen LogP contribution in [0.5, 0.6) is 0 Å². The average molecular weight is 348 g/mol. The molecule has 134 valence electrons. The Morgan fingerprint density at radius 3 is 2.16 bits per heavy atom. The molecule has 2 aromatic rings. The second-order valence-electron chi connectivity index (χ2n) is 5.74. The number of aryl methyl sites for hydroxylation is 1. The van der Waals surface area contributed by atoms with E-state index in [1.165, 1.54) is 24.1 Å². The monoisotopic (exact) mass is 348 g/mol. The highest BCUT2D eigenvalue weighted by Crippen LogP contribution is 2.30. The smallest absolute Gasteiger partial charge is 0.335 e. The van der Waals surface area contributed by atoms with Crippen molar-refractivity contribution in [3.05, 3.63) is 35.5 Å². The maximum absolute atomic E-state index is 9.77. The van der Waals surface area contributed by atoms with E-state index in [2.05, 4.69) is 6.07 Å². The Hall–Kier alpha value is -2.71. The van der Waals surface area contributed by atoms with Crippen molar-refractivity contribution in [3.63, 3.8) is 0 Å². The first-order valence-electron chi connectivity index (χ1n) is 7.80. The summed E-state index contributed by atoms with van der Waals surface area (Å²) in [4.78, 5) is 24.2. The molecule has 1 aromatic heterocycles. The number of aromatic nitrogens is 1. The quantitative estimate of drug-likeness (QED) is 0.539. The second kappa shape index (κ2) is 7.91. The normalized spacial score (nSPS) is 15.4. The SMILES string of the molecule is Nc1c2c(nc3ccccc13)CCCC2.O=C(O)C(O)C(O)C(=O)O. The van der Waals surface area contributed by atoms with Gasteiger partial charge in [0.25, 0.3) is 0 Å². The highest BCUT2D eigenvalue weighted by Gasteiger charge is 2.29. The average Bonchev–Trinajstić information content (AvgIpc) is 2.61. The number of carbonyl (C=O) groups is 2. The lowest BCUT2D eigenvalue weighted by Crippen LogP contribution is -2.39. The number of nitrogen functional groups attached to an aromatic ring is 1. The van der Waals surface area contributed by atoms with Crippen molar-refractivity contribution in [2.75, 3.05) is 5.73 Å². The molecule has 0 spiro atoms. The van der Waals surface area contributed by atoms with Gasteiger partial charge >= 0.3 is 11.9 Å².